The van der Waals surface area contributed by atoms with E-state index in [-0.39, 0.29) is 0 Å². The molecule has 1 aromatic rings. The van der Waals surface area contributed by atoms with Gasteiger partial charge in [-0.3, -0.25) is 4.68 Å². The number of likely N-dealkylation sites (N-methyl/N-ethyl adjacent to an activating group) is 1. The SMILES string of the molecule is CCNC(CCCOC)Cc1cc(C)nn1C. The van der Waals surface area contributed by atoms with Gasteiger partial charge in [-0.2, -0.15) is 5.10 Å². The van der Waals surface area contributed by atoms with E-state index in [4.69, 9.17) is 4.74 Å². The van der Waals surface area contributed by atoms with Gasteiger partial charge in [0.25, 0.3) is 0 Å². The number of nitrogens with one attached hydrogen (secondary N) is 1. The summed E-state index contributed by atoms with van der Waals surface area (Å²) in [6.45, 7) is 6.04. The second-order valence-electron chi connectivity index (χ2n) is 4.49. The second-order valence-corrected chi connectivity index (χ2v) is 4.49. The van der Waals surface area contributed by atoms with Crippen molar-refractivity contribution in [2.75, 3.05) is 20.3 Å². The highest BCUT2D eigenvalue weighted by molar-refractivity contribution is 5.10. The second kappa shape index (κ2) is 7.45. The number of aromatic nitrogens is 2. The van der Waals surface area contributed by atoms with Crippen molar-refractivity contribution in [2.45, 2.75) is 39.2 Å². The molecule has 0 aliphatic carbocycles. The fourth-order valence-electron chi connectivity index (χ4n) is 2.15. The maximum atomic E-state index is 5.10. The quantitative estimate of drug-likeness (QED) is 0.701. The van der Waals surface area contributed by atoms with Crippen molar-refractivity contribution in [2.24, 2.45) is 7.05 Å². The normalized spacial score (nSPS) is 12.9. The van der Waals surface area contributed by atoms with Crippen LogP contribution in [0.5, 0.6) is 0 Å². The van der Waals surface area contributed by atoms with Crippen molar-refractivity contribution < 1.29 is 4.74 Å². The van der Waals surface area contributed by atoms with Crippen LogP contribution in [0.25, 0.3) is 0 Å². The van der Waals surface area contributed by atoms with E-state index in [0.717, 1.165) is 38.1 Å². The van der Waals surface area contributed by atoms with Crippen LogP contribution in [0, 0.1) is 6.92 Å². The van der Waals surface area contributed by atoms with Crippen molar-refractivity contribution in [1.29, 1.82) is 0 Å². The highest BCUT2D eigenvalue weighted by Gasteiger charge is 2.11. The minimum atomic E-state index is 0.518. The van der Waals surface area contributed by atoms with Crippen LogP contribution in [0.4, 0.5) is 0 Å². The summed E-state index contributed by atoms with van der Waals surface area (Å²) < 4.78 is 7.09. The topological polar surface area (TPSA) is 39.1 Å². The zero-order valence-electron chi connectivity index (χ0n) is 11.5. The minimum Gasteiger partial charge on any atom is -0.385 e. The van der Waals surface area contributed by atoms with Gasteiger partial charge in [-0.1, -0.05) is 6.92 Å². The van der Waals surface area contributed by atoms with Crippen LogP contribution in [0.1, 0.15) is 31.2 Å². The van der Waals surface area contributed by atoms with Gasteiger partial charge in [-0.05, 0) is 32.4 Å². The smallest absolute Gasteiger partial charge is 0.0596 e. The van der Waals surface area contributed by atoms with E-state index < -0.39 is 0 Å². The minimum absolute atomic E-state index is 0.518. The summed E-state index contributed by atoms with van der Waals surface area (Å²) in [5.74, 6) is 0. The Hall–Kier alpha value is -0.870. The lowest BCUT2D eigenvalue weighted by Crippen LogP contribution is -2.31. The molecule has 0 spiro atoms. The molecule has 0 aliphatic heterocycles. The van der Waals surface area contributed by atoms with E-state index >= 15 is 0 Å². The Bertz CT molecular complexity index is 322. The summed E-state index contributed by atoms with van der Waals surface area (Å²) in [5.41, 5.74) is 2.39. The number of methoxy groups -OCH3 is 1. The van der Waals surface area contributed by atoms with E-state index in [2.05, 4.69) is 23.4 Å². The van der Waals surface area contributed by atoms with Crippen molar-refractivity contribution in [3.8, 4) is 0 Å². The summed E-state index contributed by atoms with van der Waals surface area (Å²) in [6.07, 6.45) is 3.28. The third kappa shape index (κ3) is 4.88. The molecule has 1 unspecified atom stereocenters. The lowest BCUT2D eigenvalue weighted by atomic mass is 10.1. The van der Waals surface area contributed by atoms with E-state index in [0.29, 0.717) is 6.04 Å². The Morgan fingerprint density at radius 1 is 1.53 bits per heavy atom. The van der Waals surface area contributed by atoms with Gasteiger partial charge in [0.2, 0.25) is 0 Å². The molecule has 1 rings (SSSR count). The van der Waals surface area contributed by atoms with Crippen LogP contribution >= 0.6 is 0 Å². The van der Waals surface area contributed by atoms with Crippen LogP contribution in [0.15, 0.2) is 6.07 Å². The van der Waals surface area contributed by atoms with Crippen molar-refractivity contribution in [3.63, 3.8) is 0 Å². The number of rotatable bonds is 8. The van der Waals surface area contributed by atoms with Gasteiger partial charge < -0.3 is 10.1 Å². The number of nitrogens with zero attached hydrogens (tertiary/aromatic N) is 2. The molecule has 1 aromatic heterocycles. The maximum Gasteiger partial charge on any atom is 0.0596 e. The first-order valence-electron chi connectivity index (χ1n) is 6.39. The highest BCUT2D eigenvalue weighted by Crippen LogP contribution is 2.09. The number of hydrogen-bond donors (Lipinski definition) is 1. The molecule has 1 N–H and O–H groups in total. The van der Waals surface area contributed by atoms with Crippen LogP contribution in [-0.2, 0) is 18.2 Å². The molecule has 4 nitrogen and oxygen atoms in total. The first-order valence-corrected chi connectivity index (χ1v) is 6.39. The Balaban J connectivity index is 2.50. The largest absolute Gasteiger partial charge is 0.385 e. The molecule has 0 aromatic carbocycles. The van der Waals surface area contributed by atoms with Gasteiger partial charge in [0.1, 0.15) is 0 Å². The van der Waals surface area contributed by atoms with Crippen LogP contribution in [-0.4, -0.2) is 36.1 Å². The predicted molar refractivity (Wildman–Crippen MR) is 70.2 cm³/mol. The van der Waals surface area contributed by atoms with Gasteiger partial charge in [0.05, 0.1) is 5.69 Å². The standard InChI is InChI=1S/C13H25N3O/c1-5-14-12(7-6-8-17-4)10-13-9-11(2)15-16(13)3/h9,12,14H,5-8,10H2,1-4H3. The van der Waals surface area contributed by atoms with E-state index in [1.54, 1.807) is 7.11 Å². The lowest BCUT2D eigenvalue weighted by Gasteiger charge is -2.17. The summed E-state index contributed by atoms with van der Waals surface area (Å²) >= 11 is 0. The molecular formula is C13H25N3O. The zero-order chi connectivity index (χ0) is 12.7. The third-order valence-corrected chi connectivity index (χ3v) is 2.95. The Labute approximate surface area is 104 Å². The summed E-state index contributed by atoms with van der Waals surface area (Å²) in [7, 11) is 3.77. The van der Waals surface area contributed by atoms with Gasteiger partial charge in [0.15, 0.2) is 0 Å². The molecule has 4 heteroatoms. The van der Waals surface area contributed by atoms with Crippen LogP contribution in [0.2, 0.25) is 0 Å². The Morgan fingerprint density at radius 3 is 2.82 bits per heavy atom. The van der Waals surface area contributed by atoms with Crippen molar-refractivity contribution >= 4 is 0 Å². The van der Waals surface area contributed by atoms with Gasteiger partial charge in [-0.25, -0.2) is 0 Å². The van der Waals surface area contributed by atoms with Gasteiger partial charge in [-0.15, -0.1) is 0 Å². The summed E-state index contributed by atoms with van der Waals surface area (Å²) in [5, 5.41) is 7.91. The highest BCUT2D eigenvalue weighted by atomic mass is 16.5. The van der Waals surface area contributed by atoms with Gasteiger partial charge >= 0.3 is 0 Å². The van der Waals surface area contributed by atoms with E-state index in [1.165, 1.54) is 5.69 Å². The Kier molecular flexibility index (Phi) is 6.22. The average molecular weight is 239 g/mol. The summed E-state index contributed by atoms with van der Waals surface area (Å²) in [4.78, 5) is 0. The van der Waals surface area contributed by atoms with Crippen LogP contribution in [0.3, 0.4) is 0 Å². The molecule has 1 atom stereocenters. The molecular weight excluding hydrogens is 214 g/mol. The molecule has 0 fully saturated rings. The fourth-order valence-corrected chi connectivity index (χ4v) is 2.15. The molecule has 1 heterocycles. The first kappa shape index (κ1) is 14.2. The lowest BCUT2D eigenvalue weighted by molar-refractivity contribution is 0.188. The number of aryl methyl sites for hydroxylation is 2. The number of ether oxygens (including phenoxy) is 1. The molecule has 0 saturated carbocycles. The average Bonchev–Trinajstić information content (AvgIpc) is 2.58. The molecule has 0 bridgehead atoms. The maximum absolute atomic E-state index is 5.10. The predicted octanol–water partition coefficient (Wildman–Crippen LogP) is 1.68. The first-order chi connectivity index (χ1) is 8.17. The molecule has 0 amide bonds. The monoisotopic (exact) mass is 239 g/mol. The Morgan fingerprint density at radius 2 is 2.29 bits per heavy atom. The zero-order valence-corrected chi connectivity index (χ0v) is 11.5. The van der Waals surface area contributed by atoms with Crippen molar-refractivity contribution in [1.82, 2.24) is 15.1 Å². The molecule has 0 saturated heterocycles. The molecule has 0 radical (unpaired) electrons. The molecule has 17 heavy (non-hydrogen) atoms. The number of hydrogen-bond acceptors (Lipinski definition) is 3. The van der Waals surface area contributed by atoms with Crippen molar-refractivity contribution in [3.05, 3.63) is 17.5 Å². The fraction of sp³-hybridized carbons (Fsp3) is 0.769. The molecule has 0 aliphatic rings. The van der Waals surface area contributed by atoms with Crippen LogP contribution < -0.4 is 5.32 Å². The third-order valence-electron chi connectivity index (χ3n) is 2.95. The van der Waals surface area contributed by atoms with E-state index in [9.17, 15) is 0 Å². The van der Waals surface area contributed by atoms with Gasteiger partial charge in [0, 0.05) is 38.9 Å². The summed E-state index contributed by atoms with van der Waals surface area (Å²) in [6, 6.07) is 2.69. The van der Waals surface area contributed by atoms with E-state index in [1.807, 2.05) is 18.7 Å². The molecule has 98 valence electrons.